The Kier molecular flexibility index (Phi) is 5.83. The zero-order valence-corrected chi connectivity index (χ0v) is 12.9. The van der Waals surface area contributed by atoms with E-state index >= 15 is 0 Å². The van der Waals surface area contributed by atoms with Gasteiger partial charge < -0.3 is 14.8 Å². The van der Waals surface area contributed by atoms with Crippen molar-refractivity contribution in [2.45, 2.75) is 26.5 Å². The first-order valence-electron chi connectivity index (χ1n) is 7.41. The van der Waals surface area contributed by atoms with Crippen molar-refractivity contribution in [3.8, 4) is 11.5 Å². The van der Waals surface area contributed by atoms with Gasteiger partial charge in [0.2, 0.25) is 0 Å². The van der Waals surface area contributed by atoms with Gasteiger partial charge >= 0.3 is 0 Å². The van der Waals surface area contributed by atoms with Crippen molar-refractivity contribution in [2.24, 2.45) is 0 Å². The Labute approximate surface area is 131 Å². The molecule has 0 unspecified atom stereocenters. The number of benzene rings is 2. The lowest BCUT2D eigenvalue weighted by atomic mass is 10.2. The van der Waals surface area contributed by atoms with Crippen LogP contribution in [-0.2, 0) is 11.3 Å². The highest BCUT2D eigenvalue weighted by Crippen LogP contribution is 2.17. The Bertz CT molecular complexity index is 598. The molecule has 2 rings (SSSR count). The molecule has 0 aliphatic heterocycles. The second-order valence-electron chi connectivity index (χ2n) is 4.83. The maximum Gasteiger partial charge on any atom is 0.261 e. The molecule has 0 saturated carbocycles. The average molecular weight is 299 g/mol. The third-order valence-electron chi connectivity index (χ3n) is 3.15. The van der Waals surface area contributed by atoms with E-state index in [1.807, 2.05) is 61.5 Å². The van der Waals surface area contributed by atoms with E-state index in [1.54, 1.807) is 6.92 Å². The lowest BCUT2D eigenvalue weighted by Crippen LogP contribution is -2.36. The molecule has 0 aliphatic rings. The summed E-state index contributed by atoms with van der Waals surface area (Å²) in [5, 5.41) is 2.87. The van der Waals surface area contributed by atoms with E-state index < -0.39 is 6.10 Å². The van der Waals surface area contributed by atoms with Crippen LogP contribution in [0, 0.1) is 0 Å². The zero-order valence-electron chi connectivity index (χ0n) is 12.9. The molecule has 0 spiro atoms. The van der Waals surface area contributed by atoms with Gasteiger partial charge in [0.05, 0.1) is 6.61 Å². The summed E-state index contributed by atoms with van der Waals surface area (Å²) in [6.45, 7) is 4.68. The molecule has 1 amide bonds. The summed E-state index contributed by atoms with van der Waals surface area (Å²) in [6.07, 6.45) is -0.554. The number of amides is 1. The van der Waals surface area contributed by atoms with Crippen LogP contribution in [-0.4, -0.2) is 18.6 Å². The highest BCUT2D eigenvalue weighted by Gasteiger charge is 2.14. The number of hydrogen-bond acceptors (Lipinski definition) is 3. The second-order valence-corrected chi connectivity index (χ2v) is 4.83. The highest BCUT2D eigenvalue weighted by atomic mass is 16.5. The lowest BCUT2D eigenvalue weighted by molar-refractivity contribution is -0.127. The molecule has 1 atom stereocenters. The number of para-hydroxylation sites is 2. The Morgan fingerprint density at radius 3 is 2.50 bits per heavy atom. The smallest absolute Gasteiger partial charge is 0.261 e. The summed E-state index contributed by atoms with van der Waals surface area (Å²) in [5.41, 5.74) is 0.949. The van der Waals surface area contributed by atoms with Crippen LogP contribution in [0.25, 0.3) is 0 Å². The lowest BCUT2D eigenvalue weighted by Gasteiger charge is -2.15. The molecule has 4 nitrogen and oxygen atoms in total. The van der Waals surface area contributed by atoms with Gasteiger partial charge in [0.1, 0.15) is 11.5 Å². The summed E-state index contributed by atoms with van der Waals surface area (Å²) in [7, 11) is 0. The largest absolute Gasteiger partial charge is 0.494 e. The first-order chi connectivity index (χ1) is 10.7. The van der Waals surface area contributed by atoms with Crippen LogP contribution in [0.1, 0.15) is 19.4 Å². The van der Waals surface area contributed by atoms with Crippen LogP contribution in [0.15, 0.2) is 54.6 Å². The van der Waals surface area contributed by atoms with E-state index in [-0.39, 0.29) is 5.91 Å². The third-order valence-corrected chi connectivity index (χ3v) is 3.15. The molecule has 0 radical (unpaired) electrons. The molecule has 4 heteroatoms. The molecule has 0 saturated heterocycles. The maximum atomic E-state index is 12.1. The van der Waals surface area contributed by atoms with Crippen LogP contribution in [0.2, 0.25) is 0 Å². The van der Waals surface area contributed by atoms with Crippen molar-refractivity contribution in [1.82, 2.24) is 5.32 Å². The predicted molar refractivity (Wildman–Crippen MR) is 86.0 cm³/mol. The molecule has 2 aromatic rings. The van der Waals surface area contributed by atoms with Crippen molar-refractivity contribution in [3.05, 3.63) is 60.2 Å². The van der Waals surface area contributed by atoms with E-state index in [4.69, 9.17) is 9.47 Å². The Morgan fingerprint density at radius 1 is 1.09 bits per heavy atom. The van der Waals surface area contributed by atoms with Crippen molar-refractivity contribution < 1.29 is 14.3 Å². The minimum atomic E-state index is -0.554. The highest BCUT2D eigenvalue weighted by molar-refractivity contribution is 5.80. The van der Waals surface area contributed by atoms with Crippen LogP contribution >= 0.6 is 0 Å². The number of rotatable bonds is 7. The first kappa shape index (κ1) is 15.9. The van der Waals surface area contributed by atoms with Crippen molar-refractivity contribution >= 4 is 5.91 Å². The van der Waals surface area contributed by atoms with Crippen molar-refractivity contribution in [1.29, 1.82) is 0 Å². The fourth-order valence-corrected chi connectivity index (χ4v) is 2.03. The monoisotopic (exact) mass is 299 g/mol. The van der Waals surface area contributed by atoms with Crippen molar-refractivity contribution in [3.63, 3.8) is 0 Å². The molecule has 0 aliphatic carbocycles. The van der Waals surface area contributed by atoms with Gasteiger partial charge in [-0.15, -0.1) is 0 Å². The molecule has 0 heterocycles. The second kappa shape index (κ2) is 8.08. The molecule has 0 bridgehead atoms. The summed E-state index contributed by atoms with van der Waals surface area (Å²) in [5.74, 6) is 1.32. The van der Waals surface area contributed by atoms with E-state index in [9.17, 15) is 4.79 Å². The van der Waals surface area contributed by atoms with Crippen LogP contribution in [0.3, 0.4) is 0 Å². The van der Waals surface area contributed by atoms with E-state index in [1.165, 1.54) is 0 Å². The molecule has 0 fully saturated rings. The van der Waals surface area contributed by atoms with Crippen molar-refractivity contribution in [2.75, 3.05) is 6.61 Å². The average Bonchev–Trinajstić information content (AvgIpc) is 2.55. The summed E-state index contributed by atoms with van der Waals surface area (Å²) in [4.78, 5) is 12.1. The number of ether oxygens (including phenoxy) is 2. The molecular weight excluding hydrogens is 278 g/mol. The topological polar surface area (TPSA) is 47.6 Å². The van der Waals surface area contributed by atoms with Gasteiger partial charge in [-0.3, -0.25) is 4.79 Å². The summed E-state index contributed by atoms with van der Waals surface area (Å²) >= 11 is 0. The number of nitrogens with one attached hydrogen (secondary N) is 1. The Hall–Kier alpha value is -2.49. The predicted octanol–water partition coefficient (Wildman–Crippen LogP) is 3.17. The number of carbonyl (C=O) groups excluding carboxylic acids is 1. The Balaban J connectivity index is 1.89. The van der Waals surface area contributed by atoms with Gasteiger partial charge in [-0.25, -0.2) is 0 Å². The van der Waals surface area contributed by atoms with E-state index in [2.05, 4.69) is 5.32 Å². The van der Waals surface area contributed by atoms with Gasteiger partial charge in [-0.1, -0.05) is 36.4 Å². The maximum absolute atomic E-state index is 12.1. The molecular formula is C18H21NO3. The van der Waals surface area contributed by atoms with Gasteiger partial charge in [0.15, 0.2) is 6.10 Å². The minimum absolute atomic E-state index is 0.157. The minimum Gasteiger partial charge on any atom is -0.494 e. The Morgan fingerprint density at radius 2 is 1.77 bits per heavy atom. The fourth-order valence-electron chi connectivity index (χ4n) is 2.03. The summed E-state index contributed by atoms with van der Waals surface area (Å²) < 4.78 is 11.1. The fraction of sp³-hybridized carbons (Fsp3) is 0.278. The van der Waals surface area contributed by atoms with Gasteiger partial charge in [0.25, 0.3) is 5.91 Å². The number of carbonyl (C=O) groups is 1. The molecule has 2 aromatic carbocycles. The van der Waals surface area contributed by atoms with Gasteiger partial charge in [0, 0.05) is 12.1 Å². The van der Waals surface area contributed by atoms with Crippen LogP contribution in [0.5, 0.6) is 11.5 Å². The first-order valence-corrected chi connectivity index (χ1v) is 7.41. The van der Waals surface area contributed by atoms with E-state index in [0.717, 1.165) is 11.3 Å². The standard InChI is InChI=1S/C18H21NO3/c1-3-21-17-12-8-7-9-15(17)13-19-18(20)14(2)22-16-10-5-4-6-11-16/h4-12,14H,3,13H2,1-2H3,(H,19,20)/t14-/m1/s1. The van der Waals surface area contributed by atoms with Crippen LogP contribution < -0.4 is 14.8 Å². The third kappa shape index (κ3) is 4.52. The van der Waals surface area contributed by atoms with Gasteiger partial charge in [-0.05, 0) is 32.0 Å². The van der Waals surface area contributed by atoms with Crippen LogP contribution in [0.4, 0.5) is 0 Å². The molecule has 22 heavy (non-hydrogen) atoms. The molecule has 1 N–H and O–H groups in total. The molecule has 116 valence electrons. The molecule has 0 aromatic heterocycles. The normalized spacial score (nSPS) is 11.5. The van der Waals surface area contributed by atoms with Gasteiger partial charge in [-0.2, -0.15) is 0 Å². The summed E-state index contributed by atoms with van der Waals surface area (Å²) in [6, 6.07) is 17.0. The van der Waals surface area contributed by atoms with E-state index in [0.29, 0.717) is 18.9 Å². The quantitative estimate of drug-likeness (QED) is 0.854. The SMILES string of the molecule is CCOc1ccccc1CNC(=O)[C@@H](C)Oc1ccccc1. The number of hydrogen-bond donors (Lipinski definition) is 1. The zero-order chi connectivity index (χ0) is 15.8.